The molecule has 0 saturated carbocycles. The first kappa shape index (κ1) is 11.6. The van der Waals surface area contributed by atoms with Gasteiger partial charge in [-0.05, 0) is 12.1 Å². The molecule has 98 valence electrons. The van der Waals surface area contributed by atoms with Crippen molar-refractivity contribution in [3.8, 4) is 5.75 Å². The van der Waals surface area contributed by atoms with Crippen molar-refractivity contribution in [3.63, 3.8) is 0 Å². The number of rotatable bonds is 3. The zero-order valence-electron chi connectivity index (χ0n) is 10.9. The normalized spacial score (nSPS) is 11.1. The van der Waals surface area contributed by atoms with E-state index in [1.807, 2.05) is 40.6 Å². The van der Waals surface area contributed by atoms with E-state index in [0.29, 0.717) is 12.5 Å². The van der Waals surface area contributed by atoms with Gasteiger partial charge < -0.3 is 19.6 Å². The van der Waals surface area contributed by atoms with Crippen LogP contribution in [0.1, 0.15) is 5.82 Å². The maximum Gasteiger partial charge on any atom is 0.201 e. The number of nitrogen functional groups attached to an aromatic ring is 1. The molecule has 2 heterocycles. The van der Waals surface area contributed by atoms with Gasteiger partial charge in [0.15, 0.2) is 0 Å². The molecule has 2 aromatic heterocycles. The van der Waals surface area contributed by atoms with Crippen LogP contribution in [0.15, 0.2) is 30.6 Å². The summed E-state index contributed by atoms with van der Waals surface area (Å²) in [5, 5.41) is 0. The summed E-state index contributed by atoms with van der Waals surface area (Å²) in [6.07, 6.45) is 3.68. The van der Waals surface area contributed by atoms with Crippen LogP contribution in [-0.2, 0) is 13.6 Å². The first-order chi connectivity index (χ1) is 9.20. The van der Waals surface area contributed by atoms with Gasteiger partial charge in [-0.1, -0.05) is 6.07 Å². The fourth-order valence-corrected chi connectivity index (χ4v) is 2.16. The van der Waals surface area contributed by atoms with Crippen molar-refractivity contribution < 1.29 is 4.74 Å². The van der Waals surface area contributed by atoms with Crippen molar-refractivity contribution >= 4 is 17.0 Å². The molecule has 0 saturated heterocycles. The zero-order valence-corrected chi connectivity index (χ0v) is 10.9. The van der Waals surface area contributed by atoms with E-state index in [2.05, 4.69) is 9.97 Å². The molecule has 0 aliphatic rings. The van der Waals surface area contributed by atoms with E-state index in [4.69, 9.17) is 10.5 Å². The summed E-state index contributed by atoms with van der Waals surface area (Å²) >= 11 is 0. The van der Waals surface area contributed by atoms with Gasteiger partial charge in [0.1, 0.15) is 17.1 Å². The first-order valence-corrected chi connectivity index (χ1v) is 5.95. The highest BCUT2D eigenvalue weighted by molar-refractivity contribution is 5.84. The average Bonchev–Trinajstić information content (AvgIpc) is 2.95. The number of para-hydroxylation sites is 1. The Kier molecular flexibility index (Phi) is 2.63. The number of nitrogens with two attached hydrogens (primary N) is 1. The van der Waals surface area contributed by atoms with Crippen LogP contribution in [0, 0.1) is 0 Å². The number of ether oxygens (including phenoxy) is 1. The Hall–Kier alpha value is -2.50. The number of nitrogens with zero attached hydrogens (tertiary/aromatic N) is 4. The molecule has 3 aromatic rings. The number of aryl methyl sites for hydroxylation is 1. The maximum absolute atomic E-state index is 6.00. The molecule has 0 bridgehead atoms. The van der Waals surface area contributed by atoms with Gasteiger partial charge >= 0.3 is 0 Å². The highest BCUT2D eigenvalue weighted by Gasteiger charge is 2.13. The van der Waals surface area contributed by atoms with Crippen LogP contribution in [0.25, 0.3) is 11.0 Å². The number of hydrogen-bond acceptors (Lipinski definition) is 4. The lowest BCUT2D eigenvalue weighted by Gasteiger charge is -2.07. The van der Waals surface area contributed by atoms with Crippen molar-refractivity contribution in [1.82, 2.24) is 19.1 Å². The quantitative estimate of drug-likeness (QED) is 0.770. The molecule has 0 radical (unpaired) electrons. The van der Waals surface area contributed by atoms with Gasteiger partial charge in [-0.25, -0.2) is 9.97 Å². The predicted molar refractivity (Wildman–Crippen MR) is 73.0 cm³/mol. The smallest absolute Gasteiger partial charge is 0.201 e. The standard InChI is InChI=1S/C13H15N5O/c1-17-7-6-15-11(17)8-18-9-4-3-5-10(19-2)12(9)16-13(18)14/h3-7H,8H2,1-2H3,(H2,14,16). The van der Waals surface area contributed by atoms with Crippen molar-refractivity contribution in [2.24, 2.45) is 7.05 Å². The number of benzene rings is 1. The molecule has 2 N–H and O–H groups in total. The second-order valence-electron chi connectivity index (χ2n) is 4.34. The van der Waals surface area contributed by atoms with Gasteiger partial charge in [0.25, 0.3) is 0 Å². The van der Waals surface area contributed by atoms with Crippen LogP contribution < -0.4 is 10.5 Å². The Morgan fingerprint density at radius 1 is 1.37 bits per heavy atom. The van der Waals surface area contributed by atoms with Gasteiger partial charge in [0.05, 0.1) is 19.2 Å². The van der Waals surface area contributed by atoms with Crippen molar-refractivity contribution in [2.75, 3.05) is 12.8 Å². The Balaban J connectivity index is 2.13. The third-order valence-corrected chi connectivity index (χ3v) is 3.21. The molecular weight excluding hydrogens is 242 g/mol. The minimum absolute atomic E-state index is 0.461. The Morgan fingerprint density at radius 3 is 2.89 bits per heavy atom. The maximum atomic E-state index is 6.00. The second-order valence-corrected chi connectivity index (χ2v) is 4.34. The number of hydrogen-bond donors (Lipinski definition) is 1. The minimum atomic E-state index is 0.461. The van der Waals surface area contributed by atoms with Crippen LogP contribution in [-0.4, -0.2) is 26.2 Å². The molecule has 0 spiro atoms. The number of imidazole rings is 2. The molecule has 0 fully saturated rings. The Labute approximate surface area is 110 Å². The summed E-state index contributed by atoms with van der Waals surface area (Å²) in [7, 11) is 3.58. The summed E-state index contributed by atoms with van der Waals surface area (Å²) in [6.45, 7) is 0.582. The van der Waals surface area contributed by atoms with E-state index in [-0.39, 0.29) is 0 Å². The minimum Gasteiger partial charge on any atom is -0.494 e. The summed E-state index contributed by atoms with van der Waals surface area (Å²) in [6, 6.07) is 5.78. The third-order valence-electron chi connectivity index (χ3n) is 3.21. The second kappa shape index (κ2) is 4.31. The average molecular weight is 257 g/mol. The highest BCUT2D eigenvalue weighted by atomic mass is 16.5. The lowest BCUT2D eigenvalue weighted by molar-refractivity contribution is 0.419. The zero-order chi connectivity index (χ0) is 13.4. The van der Waals surface area contributed by atoms with E-state index in [1.165, 1.54) is 0 Å². The predicted octanol–water partition coefficient (Wildman–Crippen LogP) is 1.41. The third kappa shape index (κ3) is 1.81. The summed E-state index contributed by atoms with van der Waals surface area (Å²) in [5.74, 6) is 2.11. The molecule has 0 aliphatic carbocycles. The first-order valence-electron chi connectivity index (χ1n) is 5.95. The lowest BCUT2D eigenvalue weighted by Crippen LogP contribution is -2.08. The van der Waals surface area contributed by atoms with Crippen molar-refractivity contribution in [3.05, 3.63) is 36.4 Å². The van der Waals surface area contributed by atoms with Crippen molar-refractivity contribution in [2.45, 2.75) is 6.54 Å². The van der Waals surface area contributed by atoms with E-state index in [0.717, 1.165) is 22.6 Å². The van der Waals surface area contributed by atoms with Gasteiger partial charge in [0.2, 0.25) is 5.95 Å². The molecule has 6 heteroatoms. The number of fused-ring (bicyclic) bond motifs is 1. The Morgan fingerprint density at radius 2 is 2.21 bits per heavy atom. The van der Waals surface area contributed by atoms with E-state index in [9.17, 15) is 0 Å². The molecule has 3 rings (SSSR count). The molecule has 19 heavy (non-hydrogen) atoms. The fourth-order valence-electron chi connectivity index (χ4n) is 2.16. The monoisotopic (exact) mass is 257 g/mol. The van der Waals surface area contributed by atoms with Crippen LogP contribution in [0.4, 0.5) is 5.95 Å². The number of methoxy groups -OCH3 is 1. The molecule has 1 aromatic carbocycles. The van der Waals surface area contributed by atoms with Gasteiger partial charge in [-0.2, -0.15) is 0 Å². The SMILES string of the molecule is COc1cccc2c1nc(N)n2Cc1nccn1C. The van der Waals surface area contributed by atoms with Gasteiger partial charge in [0, 0.05) is 19.4 Å². The number of anilines is 1. The lowest BCUT2D eigenvalue weighted by atomic mass is 10.3. The van der Waals surface area contributed by atoms with Gasteiger partial charge in [-0.15, -0.1) is 0 Å². The van der Waals surface area contributed by atoms with Crippen LogP contribution >= 0.6 is 0 Å². The fraction of sp³-hybridized carbons (Fsp3) is 0.231. The molecule has 0 atom stereocenters. The van der Waals surface area contributed by atoms with E-state index >= 15 is 0 Å². The summed E-state index contributed by atoms with van der Waals surface area (Å²) in [4.78, 5) is 8.68. The molecule has 0 aliphatic heterocycles. The van der Waals surface area contributed by atoms with Crippen LogP contribution in [0.3, 0.4) is 0 Å². The van der Waals surface area contributed by atoms with Gasteiger partial charge in [-0.3, -0.25) is 0 Å². The van der Waals surface area contributed by atoms with E-state index < -0.39 is 0 Å². The molecule has 0 amide bonds. The summed E-state index contributed by atoms with van der Waals surface area (Å²) in [5.41, 5.74) is 7.72. The topological polar surface area (TPSA) is 70.9 Å². The van der Waals surface area contributed by atoms with Crippen LogP contribution in [0.5, 0.6) is 5.75 Å². The molecule has 6 nitrogen and oxygen atoms in total. The highest BCUT2D eigenvalue weighted by Crippen LogP contribution is 2.27. The largest absolute Gasteiger partial charge is 0.494 e. The van der Waals surface area contributed by atoms with Crippen molar-refractivity contribution in [1.29, 1.82) is 0 Å². The molecular formula is C13H15N5O. The number of aromatic nitrogens is 4. The molecule has 0 unspecified atom stereocenters. The summed E-state index contributed by atoms with van der Waals surface area (Å²) < 4.78 is 9.20. The van der Waals surface area contributed by atoms with E-state index in [1.54, 1.807) is 13.3 Å². The van der Waals surface area contributed by atoms with Crippen LogP contribution in [0.2, 0.25) is 0 Å². The Bertz CT molecular complexity index is 728.